The maximum absolute atomic E-state index is 3.45. The van der Waals surface area contributed by atoms with Gasteiger partial charge in [-0.25, -0.2) is 0 Å². The number of nitrogens with one attached hydrogen (secondary N) is 1. The van der Waals surface area contributed by atoms with E-state index in [1.807, 2.05) is 0 Å². The summed E-state index contributed by atoms with van der Waals surface area (Å²) >= 11 is 0. The van der Waals surface area contributed by atoms with Gasteiger partial charge in [0.1, 0.15) is 0 Å². The van der Waals surface area contributed by atoms with Gasteiger partial charge in [-0.1, -0.05) is 18.2 Å². The molecular weight excluding hydrogens is 246 g/mol. The molecule has 3 rings (SSSR count). The molecule has 0 radical (unpaired) electrons. The molecule has 2 saturated heterocycles. The van der Waals surface area contributed by atoms with Crippen LogP contribution in [0, 0.1) is 13.8 Å². The molecule has 0 spiro atoms. The maximum Gasteiger partial charge on any atom is 0.0239 e. The van der Waals surface area contributed by atoms with Crippen molar-refractivity contribution in [2.45, 2.75) is 32.9 Å². The molecule has 2 heterocycles. The Labute approximate surface area is 123 Å². The summed E-state index contributed by atoms with van der Waals surface area (Å²) in [4.78, 5) is 5.32. The first kappa shape index (κ1) is 14.1. The minimum absolute atomic E-state index is 0.779. The van der Waals surface area contributed by atoms with Crippen LogP contribution in [0.15, 0.2) is 18.2 Å². The first-order chi connectivity index (χ1) is 9.74. The SMILES string of the molecule is Cc1cccc(C)c1CN1CCC(N2CCNCC2)C1. The summed E-state index contributed by atoms with van der Waals surface area (Å²) in [5.74, 6) is 0. The van der Waals surface area contributed by atoms with Gasteiger partial charge in [0.15, 0.2) is 0 Å². The van der Waals surface area contributed by atoms with Gasteiger partial charge in [-0.2, -0.15) is 0 Å². The van der Waals surface area contributed by atoms with Gasteiger partial charge in [0.05, 0.1) is 0 Å². The van der Waals surface area contributed by atoms with E-state index in [0.29, 0.717) is 0 Å². The number of piperazine rings is 1. The van der Waals surface area contributed by atoms with Crippen molar-refractivity contribution in [2.75, 3.05) is 39.3 Å². The van der Waals surface area contributed by atoms with E-state index in [-0.39, 0.29) is 0 Å². The second-order valence-corrected chi connectivity index (χ2v) is 6.33. The zero-order chi connectivity index (χ0) is 13.9. The molecule has 2 aliphatic heterocycles. The molecule has 0 aromatic heterocycles. The minimum atomic E-state index is 0.779. The molecule has 1 atom stereocenters. The molecule has 2 aliphatic rings. The van der Waals surface area contributed by atoms with E-state index in [0.717, 1.165) is 25.7 Å². The molecule has 3 nitrogen and oxygen atoms in total. The number of aryl methyl sites for hydroxylation is 2. The summed E-state index contributed by atoms with van der Waals surface area (Å²) in [6.45, 7) is 12.9. The van der Waals surface area contributed by atoms with Crippen LogP contribution in [0.3, 0.4) is 0 Å². The Balaban J connectivity index is 1.60. The van der Waals surface area contributed by atoms with Gasteiger partial charge in [-0.05, 0) is 37.0 Å². The number of rotatable bonds is 3. The Morgan fingerprint density at radius 1 is 1.10 bits per heavy atom. The lowest BCUT2D eigenvalue weighted by atomic mass is 10.0. The molecule has 0 saturated carbocycles. The Morgan fingerprint density at radius 2 is 1.80 bits per heavy atom. The third-order valence-electron chi connectivity index (χ3n) is 4.94. The van der Waals surface area contributed by atoms with Crippen molar-refractivity contribution in [2.24, 2.45) is 0 Å². The Hall–Kier alpha value is -0.900. The van der Waals surface area contributed by atoms with E-state index < -0.39 is 0 Å². The summed E-state index contributed by atoms with van der Waals surface area (Å²) in [5, 5.41) is 3.45. The predicted molar refractivity (Wildman–Crippen MR) is 84.0 cm³/mol. The molecule has 1 N–H and O–H groups in total. The topological polar surface area (TPSA) is 18.5 Å². The standard InChI is InChI=1S/C17H27N3/c1-14-4-3-5-15(2)17(14)13-19-9-6-16(12-19)20-10-7-18-8-11-20/h3-5,16,18H,6-13H2,1-2H3. The summed E-state index contributed by atoms with van der Waals surface area (Å²) in [7, 11) is 0. The zero-order valence-electron chi connectivity index (χ0n) is 12.9. The monoisotopic (exact) mass is 273 g/mol. The highest BCUT2D eigenvalue weighted by atomic mass is 15.3. The van der Waals surface area contributed by atoms with Crippen molar-refractivity contribution in [1.82, 2.24) is 15.1 Å². The molecule has 1 unspecified atom stereocenters. The van der Waals surface area contributed by atoms with E-state index in [1.54, 1.807) is 0 Å². The number of nitrogens with zero attached hydrogens (tertiary/aromatic N) is 2. The van der Waals surface area contributed by atoms with E-state index in [4.69, 9.17) is 0 Å². The van der Waals surface area contributed by atoms with Crippen LogP contribution in [0.5, 0.6) is 0 Å². The lowest BCUT2D eigenvalue weighted by molar-refractivity contribution is 0.170. The van der Waals surface area contributed by atoms with Crippen LogP contribution < -0.4 is 5.32 Å². The fourth-order valence-electron chi connectivity index (χ4n) is 3.62. The van der Waals surface area contributed by atoms with E-state index in [2.05, 4.69) is 47.2 Å². The van der Waals surface area contributed by atoms with Crippen LogP contribution in [-0.4, -0.2) is 55.1 Å². The van der Waals surface area contributed by atoms with Crippen LogP contribution in [0.4, 0.5) is 0 Å². The summed E-state index contributed by atoms with van der Waals surface area (Å²) < 4.78 is 0. The normalized spacial score (nSPS) is 25.2. The minimum Gasteiger partial charge on any atom is -0.314 e. The van der Waals surface area contributed by atoms with Crippen molar-refractivity contribution in [3.63, 3.8) is 0 Å². The second kappa shape index (κ2) is 6.25. The Kier molecular flexibility index (Phi) is 4.39. The molecule has 1 aromatic rings. The quantitative estimate of drug-likeness (QED) is 0.906. The molecule has 110 valence electrons. The molecule has 20 heavy (non-hydrogen) atoms. The second-order valence-electron chi connectivity index (χ2n) is 6.33. The van der Waals surface area contributed by atoms with Crippen molar-refractivity contribution in [3.8, 4) is 0 Å². The third-order valence-corrected chi connectivity index (χ3v) is 4.94. The van der Waals surface area contributed by atoms with Gasteiger partial charge in [-0.3, -0.25) is 9.80 Å². The van der Waals surface area contributed by atoms with Crippen LogP contribution in [0.2, 0.25) is 0 Å². The van der Waals surface area contributed by atoms with E-state index in [9.17, 15) is 0 Å². The van der Waals surface area contributed by atoms with Crippen molar-refractivity contribution in [1.29, 1.82) is 0 Å². The summed E-state index contributed by atoms with van der Waals surface area (Å²) in [5.41, 5.74) is 4.42. The molecule has 2 fully saturated rings. The van der Waals surface area contributed by atoms with Crippen LogP contribution >= 0.6 is 0 Å². The molecule has 3 heteroatoms. The highest BCUT2D eigenvalue weighted by Crippen LogP contribution is 2.21. The van der Waals surface area contributed by atoms with Crippen LogP contribution in [-0.2, 0) is 6.54 Å². The fraction of sp³-hybridized carbons (Fsp3) is 0.647. The number of benzene rings is 1. The molecule has 0 bridgehead atoms. The zero-order valence-corrected chi connectivity index (χ0v) is 12.9. The third kappa shape index (κ3) is 3.05. The maximum atomic E-state index is 3.45. The summed E-state index contributed by atoms with van der Waals surface area (Å²) in [6.07, 6.45) is 1.34. The van der Waals surface area contributed by atoms with Gasteiger partial charge < -0.3 is 5.32 Å². The average molecular weight is 273 g/mol. The van der Waals surface area contributed by atoms with Crippen molar-refractivity contribution in [3.05, 3.63) is 34.9 Å². The molecular formula is C17H27N3. The van der Waals surface area contributed by atoms with Crippen molar-refractivity contribution < 1.29 is 0 Å². The lowest BCUT2D eigenvalue weighted by Crippen LogP contribution is -2.49. The van der Waals surface area contributed by atoms with Crippen LogP contribution in [0.1, 0.15) is 23.1 Å². The predicted octanol–water partition coefficient (Wildman–Crippen LogP) is 1.78. The van der Waals surface area contributed by atoms with Gasteiger partial charge in [0.25, 0.3) is 0 Å². The molecule has 0 aliphatic carbocycles. The van der Waals surface area contributed by atoms with Crippen molar-refractivity contribution >= 4 is 0 Å². The first-order valence-electron chi connectivity index (χ1n) is 7.96. The average Bonchev–Trinajstić information content (AvgIpc) is 2.93. The van der Waals surface area contributed by atoms with E-state index in [1.165, 1.54) is 49.3 Å². The first-order valence-corrected chi connectivity index (χ1v) is 7.96. The molecule has 0 amide bonds. The van der Waals surface area contributed by atoms with Gasteiger partial charge in [0, 0.05) is 51.9 Å². The van der Waals surface area contributed by atoms with Gasteiger partial charge in [-0.15, -0.1) is 0 Å². The molecule has 1 aromatic carbocycles. The highest BCUT2D eigenvalue weighted by Gasteiger charge is 2.28. The Bertz CT molecular complexity index is 431. The largest absolute Gasteiger partial charge is 0.314 e. The number of hydrogen-bond donors (Lipinski definition) is 1. The Morgan fingerprint density at radius 3 is 2.50 bits per heavy atom. The summed E-state index contributed by atoms with van der Waals surface area (Å²) in [6, 6.07) is 7.43. The number of likely N-dealkylation sites (tertiary alicyclic amines) is 1. The fourth-order valence-corrected chi connectivity index (χ4v) is 3.62. The van der Waals surface area contributed by atoms with Gasteiger partial charge in [0.2, 0.25) is 0 Å². The highest BCUT2D eigenvalue weighted by molar-refractivity contribution is 5.33. The van der Waals surface area contributed by atoms with Crippen LogP contribution in [0.25, 0.3) is 0 Å². The number of hydrogen-bond acceptors (Lipinski definition) is 3. The van der Waals surface area contributed by atoms with Gasteiger partial charge >= 0.3 is 0 Å². The lowest BCUT2D eigenvalue weighted by Gasteiger charge is -2.32. The smallest absolute Gasteiger partial charge is 0.0239 e. The van der Waals surface area contributed by atoms with E-state index >= 15 is 0 Å².